The standard InChI is InChI=1S/C48H29N3S.C38H23N3/c49-30-31-27-35(32-21-23-37(24-22-32)51-45-14-6-3-11-42(45)43-12-4-7-15-46(43)51)29-36(28-31)39-26-25-38(40-9-1-2-10-41(39)40)33-17-19-34(20-18-33)48-50-44-13-5-8-16-47(44)52-48;39-23-25-6-5-8-29(18-25)31-19-26(24-40)20-32(21-31)34-17-16-33(35-9-2-3-10-36(34)35)27-12-14-28(15-13-27)38-22-30-7-1-4-11-37(30)41-38/h1-29H;1-21H,22H2. The van der Waals surface area contributed by atoms with Crippen LogP contribution in [0.5, 0.6) is 0 Å². The third-order valence-corrected chi connectivity index (χ3v) is 18.9. The number of hydrogen-bond acceptors (Lipinski definition) is 6. The number of aliphatic imine (C=N–C) groups is 1. The van der Waals surface area contributed by atoms with Gasteiger partial charge in [-0.05, 0) is 190 Å². The summed E-state index contributed by atoms with van der Waals surface area (Å²) in [7, 11) is 0. The molecular weight excluding hydrogens is 1150 g/mol. The molecule has 1 aliphatic heterocycles. The smallest absolute Gasteiger partial charge is 0.124 e. The summed E-state index contributed by atoms with van der Waals surface area (Å²) in [5.41, 5.74) is 24.7. The molecule has 0 atom stereocenters. The molecule has 93 heavy (non-hydrogen) atoms. The van der Waals surface area contributed by atoms with Crippen molar-refractivity contribution in [1.29, 1.82) is 15.8 Å². The van der Waals surface area contributed by atoms with E-state index in [0.717, 1.165) is 123 Å². The Morgan fingerprint density at radius 3 is 1.31 bits per heavy atom. The van der Waals surface area contributed by atoms with E-state index in [0.29, 0.717) is 16.7 Å². The molecule has 6 nitrogen and oxygen atoms in total. The SMILES string of the molecule is N#Cc1cc(-c2ccc(-n3c4ccccc4c4ccccc43)cc2)cc(-c2ccc(-c3ccc(-c4nc5ccccc5s4)cc3)c3ccccc23)c1.N#Cc1cccc(-c2cc(C#N)cc(-c3ccc(-c4ccc(C5=Nc6ccccc6C5)cc4)c4ccccc34)c2)c1. The highest BCUT2D eigenvalue weighted by molar-refractivity contribution is 7.21. The van der Waals surface area contributed by atoms with E-state index in [-0.39, 0.29) is 0 Å². The van der Waals surface area contributed by atoms with Crippen molar-refractivity contribution in [3.63, 3.8) is 0 Å². The van der Waals surface area contributed by atoms with Crippen LogP contribution in [0.25, 0.3) is 137 Å². The van der Waals surface area contributed by atoms with Gasteiger partial charge in [0.25, 0.3) is 0 Å². The van der Waals surface area contributed by atoms with Gasteiger partial charge in [-0.2, -0.15) is 15.8 Å². The Bertz CT molecular complexity index is 5720. The van der Waals surface area contributed by atoms with Crippen LogP contribution in [0.2, 0.25) is 0 Å². The molecule has 1 aliphatic rings. The quantitative estimate of drug-likeness (QED) is 0.144. The van der Waals surface area contributed by atoms with Crippen LogP contribution < -0.4 is 0 Å². The molecule has 17 rings (SSSR count). The zero-order chi connectivity index (χ0) is 62.4. The van der Waals surface area contributed by atoms with Crippen LogP contribution in [0.1, 0.15) is 27.8 Å². The molecule has 16 aromatic rings. The Morgan fingerprint density at radius 1 is 0.323 bits per heavy atom. The first kappa shape index (κ1) is 55.7. The lowest BCUT2D eigenvalue weighted by molar-refractivity contribution is 1.18. The number of para-hydroxylation sites is 4. The lowest BCUT2D eigenvalue weighted by Crippen LogP contribution is -1.99. The summed E-state index contributed by atoms with van der Waals surface area (Å²) in [6, 6.07) is 112. The van der Waals surface area contributed by atoms with Gasteiger partial charge in [0.2, 0.25) is 0 Å². The van der Waals surface area contributed by atoms with Crippen molar-refractivity contribution in [3.05, 3.63) is 331 Å². The van der Waals surface area contributed by atoms with Crippen molar-refractivity contribution in [2.24, 2.45) is 4.99 Å². The van der Waals surface area contributed by atoms with Gasteiger partial charge in [-0.1, -0.05) is 212 Å². The van der Waals surface area contributed by atoms with Crippen molar-refractivity contribution < 1.29 is 0 Å². The fourth-order valence-electron chi connectivity index (χ4n) is 13.3. The molecule has 0 N–H and O–H groups in total. The third kappa shape index (κ3) is 10.5. The van der Waals surface area contributed by atoms with Gasteiger partial charge in [0.15, 0.2) is 0 Å². The number of benzene rings is 14. The second-order valence-corrected chi connectivity index (χ2v) is 24.4. The van der Waals surface area contributed by atoms with Crippen LogP contribution in [0.3, 0.4) is 0 Å². The topological polar surface area (TPSA) is 102 Å². The molecule has 0 saturated carbocycles. The summed E-state index contributed by atoms with van der Waals surface area (Å²) in [6.45, 7) is 0. The van der Waals surface area contributed by atoms with E-state index in [1.807, 2.05) is 54.6 Å². The molecule has 0 aliphatic carbocycles. The minimum atomic E-state index is 0.584. The fraction of sp³-hybridized carbons (Fsp3) is 0.0116. The van der Waals surface area contributed by atoms with Gasteiger partial charge >= 0.3 is 0 Å². The Balaban J connectivity index is 0.000000152. The fourth-order valence-corrected chi connectivity index (χ4v) is 14.3. The Kier molecular flexibility index (Phi) is 14.2. The highest BCUT2D eigenvalue weighted by Crippen LogP contribution is 2.42. The van der Waals surface area contributed by atoms with Crippen LogP contribution in [0.4, 0.5) is 5.69 Å². The van der Waals surface area contributed by atoms with Crippen molar-refractivity contribution in [1.82, 2.24) is 9.55 Å². The van der Waals surface area contributed by atoms with Crippen LogP contribution in [-0.4, -0.2) is 15.3 Å². The number of hydrogen-bond donors (Lipinski definition) is 0. The molecule has 2 aromatic heterocycles. The highest BCUT2D eigenvalue weighted by atomic mass is 32.1. The zero-order valence-electron chi connectivity index (χ0n) is 50.2. The summed E-state index contributed by atoms with van der Waals surface area (Å²) >= 11 is 1.72. The molecule has 0 spiro atoms. The van der Waals surface area contributed by atoms with Crippen LogP contribution in [-0.2, 0) is 6.42 Å². The first-order chi connectivity index (χ1) is 45.9. The molecule has 432 valence electrons. The molecule has 7 heteroatoms. The summed E-state index contributed by atoms with van der Waals surface area (Å²) < 4.78 is 3.52. The summed E-state index contributed by atoms with van der Waals surface area (Å²) in [5.74, 6) is 0. The van der Waals surface area contributed by atoms with E-state index in [9.17, 15) is 15.8 Å². The Morgan fingerprint density at radius 2 is 0.763 bits per heavy atom. The van der Waals surface area contributed by atoms with Gasteiger partial charge in [-0.15, -0.1) is 11.3 Å². The molecule has 0 fully saturated rings. The average molecular weight is 1200 g/mol. The second-order valence-electron chi connectivity index (χ2n) is 23.3. The monoisotopic (exact) mass is 1200 g/mol. The summed E-state index contributed by atoms with van der Waals surface area (Å²) in [4.78, 5) is 9.71. The number of thiazole rings is 1. The van der Waals surface area contributed by atoms with E-state index in [4.69, 9.17) is 9.98 Å². The number of rotatable bonds is 9. The Hall–Kier alpha value is -12.6. The molecule has 14 aromatic carbocycles. The molecule has 3 heterocycles. The maximum atomic E-state index is 10.1. The number of nitrogens with zero attached hydrogens (tertiary/aromatic N) is 6. The van der Waals surface area contributed by atoms with Crippen LogP contribution in [0, 0.1) is 34.0 Å². The minimum Gasteiger partial charge on any atom is -0.309 e. The van der Waals surface area contributed by atoms with Gasteiger partial charge in [-0.25, -0.2) is 4.98 Å². The number of aromatic nitrogens is 2. The average Bonchev–Trinajstić information content (AvgIpc) is 1.77. The van der Waals surface area contributed by atoms with Crippen molar-refractivity contribution in [3.8, 4) is 101 Å². The molecule has 0 bridgehead atoms. The van der Waals surface area contributed by atoms with E-state index in [1.165, 1.54) is 43.0 Å². The van der Waals surface area contributed by atoms with Gasteiger partial charge in [0, 0.05) is 28.4 Å². The number of nitriles is 3. The van der Waals surface area contributed by atoms with Gasteiger partial charge < -0.3 is 4.57 Å². The predicted molar refractivity (Wildman–Crippen MR) is 384 cm³/mol. The van der Waals surface area contributed by atoms with Crippen LogP contribution >= 0.6 is 11.3 Å². The summed E-state index contributed by atoms with van der Waals surface area (Å²) in [6.07, 6.45) is 0.859. The predicted octanol–water partition coefficient (Wildman–Crippen LogP) is 22.3. The lowest BCUT2D eigenvalue weighted by atomic mass is 9.89. The normalized spacial score (nSPS) is 11.6. The summed E-state index contributed by atoms with van der Waals surface area (Å²) in [5, 5.41) is 37.5. The minimum absolute atomic E-state index is 0.584. The highest BCUT2D eigenvalue weighted by Gasteiger charge is 2.19. The van der Waals surface area contributed by atoms with E-state index in [1.54, 1.807) is 17.4 Å². The molecule has 0 unspecified atom stereocenters. The number of fused-ring (bicyclic) bond motifs is 7. The maximum Gasteiger partial charge on any atom is 0.124 e. The molecule has 0 saturated heterocycles. The molecule has 0 amide bonds. The second kappa shape index (κ2) is 23.8. The third-order valence-electron chi connectivity index (χ3n) is 17.8. The first-order valence-corrected chi connectivity index (χ1v) is 31.7. The van der Waals surface area contributed by atoms with Crippen LogP contribution in [0.15, 0.2) is 308 Å². The van der Waals surface area contributed by atoms with Gasteiger partial charge in [0.05, 0.1) is 67.5 Å². The van der Waals surface area contributed by atoms with Gasteiger partial charge in [0.1, 0.15) is 5.01 Å². The van der Waals surface area contributed by atoms with E-state index in [2.05, 4.69) is 265 Å². The largest absolute Gasteiger partial charge is 0.309 e. The van der Waals surface area contributed by atoms with Crippen molar-refractivity contribution in [2.75, 3.05) is 0 Å². The van der Waals surface area contributed by atoms with E-state index < -0.39 is 0 Å². The van der Waals surface area contributed by atoms with Gasteiger partial charge in [-0.3, -0.25) is 4.99 Å². The molecular formula is C86H52N6S. The zero-order valence-corrected chi connectivity index (χ0v) is 51.0. The van der Waals surface area contributed by atoms with Crippen molar-refractivity contribution in [2.45, 2.75) is 6.42 Å². The first-order valence-electron chi connectivity index (χ1n) is 30.9. The Labute approximate surface area is 542 Å². The molecule has 0 radical (unpaired) electrons. The van der Waals surface area contributed by atoms with E-state index >= 15 is 0 Å². The lowest BCUT2D eigenvalue weighted by Gasteiger charge is -2.14. The van der Waals surface area contributed by atoms with Crippen molar-refractivity contribution >= 4 is 76.3 Å². The maximum absolute atomic E-state index is 10.1.